The fraction of sp³-hybridized carbons (Fsp3) is 0.692. The van der Waals surface area contributed by atoms with Crippen molar-refractivity contribution in [3.63, 3.8) is 0 Å². The zero-order chi connectivity index (χ0) is 15.7. The molecule has 1 heterocycles. The van der Waals surface area contributed by atoms with Crippen LogP contribution in [-0.4, -0.2) is 32.7 Å². The van der Waals surface area contributed by atoms with Crippen molar-refractivity contribution in [2.24, 2.45) is 7.05 Å². The minimum absolute atomic E-state index is 0.0569. The highest BCUT2D eigenvalue weighted by Crippen LogP contribution is 2.33. The number of nitrogens with zero attached hydrogens (tertiary/aromatic N) is 3. The van der Waals surface area contributed by atoms with Gasteiger partial charge in [-0.3, -0.25) is 14.9 Å². The first-order chi connectivity index (χ1) is 9.81. The standard InChI is InChI=1S/C13H21N5O3/c1-7(2)10-11(18(20)21)12(17(4)16-10)14-8(3)13(19)15-9-5-6-9/h7-9,14H,5-6H2,1-4H3,(H,15,19). The number of aromatic nitrogens is 2. The molecule has 0 radical (unpaired) electrons. The van der Waals surface area contributed by atoms with Gasteiger partial charge in [0.2, 0.25) is 11.7 Å². The summed E-state index contributed by atoms with van der Waals surface area (Å²) >= 11 is 0. The van der Waals surface area contributed by atoms with Crippen LogP contribution in [0.2, 0.25) is 0 Å². The van der Waals surface area contributed by atoms with Crippen molar-refractivity contribution >= 4 is 17.4 Å². The maximum atomic E-state index is 12.0. The van der Waals surface area contributed by atoms with E-state index >= 15 is 0 Å². The van der Waals surface area contributed by atoms with Gasteiger partial charge in [-0.2, -0.15) is 5.10 Å². The Bertz CT molecular complexity index is 562. The van der Waals surface area contributed by atoms with Gasteiger partial charge in [-0.15, -0.1) is 0 Å². The van der Waals surface area contributed by atoms with E-state index in [0.717, 1.165) is 12.8 Å². The van der Waals surface area contributed by atoms with Crippen LogP contribution in [0.1, 0.15) is 45.2 Å². The van der Waals surface area contributed by atoms with Crippen LogP contribution in [0.15, 0.2) is 0 Å². The molecular weight excluding hydrogens is 274 g/mol. The van der Waals surface area contributed by atoms with Crippen LogP contribution in [0.4, 0.5) is 11.5 Å². The van der Waals surface area contributed by atoms with E-state index in [-0.39, 0.29) is 29.4 Å². The van der Waals surface area contributed by atoms with Gasteiger partial charge < -0.3 is 10.6 Å². The van der Waals surface area contributed by atoms with Crippen LogP contribution >= 0.6 is 0 Å². The zero-order valence-electron chi connectivity index (χ0n) is 12.7. The number of carbonyl (C=O) groups excluding carboxylic acids is 1. The number of hydrogen-bond donors (Lipinski definition) is 2. The number of aryl methyl sites for hydroxylation is 1. The summed E-state index contributed by atoms with van der Waals surface area (Å²) in [7, 11) is 1.63. The van der Waals surface area contributed by atoms with E-state index in [1.807, 2.05) is 13.8 Å². The van der Waals surface area contributed by atoms with Crippen molar-refractivity contribution in [2.75, 3.05) is 5.32 Å². The lowest BCUT2D eigenvalue weighted by molar-refractivity contribution is -0.384. The average Bonchev–Trinajstić information content (AvgIpc) is 3.13. The molecule has 1 unspecified atom stereocenters. The van der Waals surface area contributed by atoms with E-state index in [1.165, 1.54) is 4.68 Å². The molecule has 1 saturated carbocycles. The molecule has 0 aliphatic heterocycles. The van der Waals surface area contributed by atoms with Crippen LogP contribution in [0.25, 0.3) is 0 Å². The lowest BCUT2D eigenvalue weighted by Crippen LogP contribution is -2.39. The second-order valence-electron chi connectivity index (χ2n) is 5.77. The van der Waals surface area contributed by atoms with E-state index in [1.54, 1.807) is 14.0 Å². The van der Waals surface area contributed by atoms with Crippen LogP contribution in [0, 0.1) is 10.1 Å². The zero-order valence-corrected chi connectivity index (χ0v) is 12.7. The molecule has 2 rings (SSSR count). The molecule has 21 heavy (non-hydrogen) atoms. The van der Waals surface area contributed by atoms with Crippen molar-refractivity contribution in [3.05, 3.63) is 15.8 Å². The number of rotatable bonds is 6. The monoisotopic (exact) mass is 295 g/mol. The fourth-order valence-corrected chi connectivity index (χ4v) is 2.09. The summed E-state index contributed by atoms with van der Waals surface area (Å²) in [5.41, 5.74) is 0.360. The van der Waals surface area contributed by atoms with Gasteiger partial charge in [0, 0.05) is 19.0 Å². The second-order valence-corrected chi connectivity index (χ2v) is 5.77. The van der Waals surface area contributed by atoms with E-state index < -0.39 is 11.0 Å². The van der Waals surface area contributed by atoms with E-state index in [0.29, 0.717) is 5.69 Å². The third-order valence-electron chi connectivity index (χ3n) is 3.45. The highest BCUT2D eigenvalue weighted by Gasteiger charge is 2.31. The number of carbonyl (C=O) groups is 1. The Morgan fingerprint density at radius 2 is 2.05 bits per heavy atom. The Labute approximate surface area is 123 Å². The molecule has 0 aromatic carbocycles. The molecule has 1 aliphatic rings. The number of nitro groups is 1. The summed E-state index contributed by atoms with van der Waals surface area (Å²) < 4.78 is 1.42. The molecule has 1 fully saturated rings. The minimum atomic E-state index is -0.556. The normalized spacial score (nSPS) is 15.9. The highest BCUT2D eigenvalue weighted by atomic mass is 16.6. The van der Waals surface area contributed by atoms with Gasteiger partial charge in [0.15, 0.2) is 0 Å². The number of hydrogen-bond acceptors (Lipinski definition) is 5. The molecular formula is C13H21N5O3. The van der Waals surface area contributed by atoms with Crippen molar-refractivity contribution in [3.8, 4) is 0 Å². The summed E-state index contributed by atoms with van der Waals surface area (Å²) in [5, 5.41) is 21.3. The molecule has 1 atom stereocenters. The number of anilines is 1. The molecule has 1 aliphatic carbocycles. The molecule has 1 aromatic rings. The molecule has 116 valence electrons. The smallest absolute Gasteiger partial charge is 0.334 e. The average molecular weight is 295 g/mol. The third-order valence-corrected chi connectivity index (χ3v) is 3.45. The highest BCUT2D eigenvalue weighted by molar-refractivity contribution is 5.85. The van der Waals surface area contributed by atoms with E-state index in [4.69, 9.17) is 0 Å². The first kappa shape index (κ1) is 15.3. The Morgan fingerprint density at radius 1 is 1.43 bits per heavy atom. The molecule has 8 nitrogen and oxygen atoms in total. The Hall–Kier alpha value is -2.12. The largest absolute Gasteiger partial charge is 0.353 e. The number of amides is 1. The second kappa shape index (κ2) is 5.71. The fourth-order valence-electron chi connectivity index (χ4n) is 2.09. The van der Waals surface area contributed by atoms with E-state index in [9.17, 15) is 14.9 Å². The summed E-state index contributed by atoms with van der Waals surface area (Å²) in [6.45, 7) is 5.38. The predicted octanol–water partition coefficient (Wildman–Crippen LogP) is 1.53. The topological polar surface area (TPSA) is 102 Å². The molecule has 2 N–H and O–H groups in total. The van der Waals surface area contributed by atoms with Gasteiger partial charge in [0.1, 0.15) is 11.7 Å². The number of nitrogens with one attached hydrogen (secondary N) is 2. The molecule has 8 heteroatoms. The first-order valence-corrected chi connectivity index (χ1v) is 7.09. The van der Waals surface area contributed by atoms with Crippen molar-refractivity contribution < 1.29 is 9.72 Å². The quantitative estimate of drug-likeness (QED) is 0.612. The Morgan fingerprint density at radius 3 is 2.52 bits per heavy atom. The van der Waals surface area contributed by atoms with Crippen molar-refractivity contribution in [1.82, 2.24) is 15.1 Å². The van der Waals surface area contributed by atoms with Gasteiger partial charge in [-0.25, -0.2) is 4.68 Å². The molecule has 1 aromatic heterocycles. The SMILES string of the molecule is CC(Nc1c([N+](=O)[O-])c(C(C)C)nn1C)C(=O)NC1CC1. The lowest BCUT2D eigenvalue weighted by atomic mass is 10.1. The molecule has 0 spiro atoms. The van der Waals surface area contributed by atoms with Gasteiger partial charge in [0.05, 0.1) is 4.92 Å². The molecule has 1 amide bonds. The minimum Gasteiger partial charge on any atom is -0.353 e. The van der Waals surface area contributed by atoms with Crippen molar-refractivity contribution in [1.29, 1.82) is 0 Å². The first-order valence-electron chi connectivity index (χ1n) is 7.09. The van der Waals surface area contributed by atoms with Crippen LogP contribution < -0.4 is 10.6 Å². The van der Waals surface area contributed by atoms with E-state index in [2.05, 4.69) is 15.7 Å². The van der Waals surface area contributed by atoms with Gasteiger partial charge in [0.25, 0.3) is 0 Å². The maximum absolute atomic E-state index is 12.0. The lowest BCUT2D eigenvalue weighted by Gasteiger charge is -2.14. The third kappa shape index (κ3) is 3.32. The summed E-state index contributed by atoms with van der Waals surface area (Å²) in [4.78, 5) is 22.8. The predicted molar refractivity (Wildman–Crippen MR) is 78.2 cm³/mol. The van der Waals surface area contributed by atoms with Crippen LogP contribution in [-0.2, 0) is 11.8 Å². The summed E-state index contributed by atoms with van der Waals surface area (Å²) in [6, 6.07) is -0.297. The summed E-state index contributed by atoms with van der Waals surface area (Å²) in [5.74, 6) is 0.0454. The van der Waals surface area contributed by atoms with Crippen molar-refractivity contribution in [2.45, 2.75) is 51.6 Å². The van der Waals surface area contributed by atoms with Gasteiger partial charge >= 0.3 is 5.69 Å². The van der Waals surface area contributed by atoms with Gasteiger partial charge in [-0.1, -0.05) is 13.8 Å². The summed E-state index contributed by atoms with van der Waals surface area (Å²) in [6.07, 6.45) is 2.00. The van der Waals surface area contributed by atoms with Crippen LogP contribution in [0.5, 0.6) is 0 Å². The Balaban J connectivity index is 2.21. The maximum Gasteiger partial charge on any atom is 0.334 e. The van der Waals surface area contributed by atoms with Crippen LogP contribution in [0.3, 0.4) is 0 Å². The Kier molecular flexibility index (Phi) is 4.15. The molecule has 0 saturated heterocycles. The molecule has 0 bridgehead atoms. The van der Waals surface area contributed by atoms with Gasteiger partial charge in [-0.05, 0) is 19.8 Å².